The molecule has 19 heavy (non-hydrogen) atoms. The highest BCUT2D eigenvalue weighted by Gasteiger charge is 2.19. The number of carbonyl (C=O) groups excluding carboxylic acids is 1. The Morgan fingerprint density at radius 3 is 2.42 bits per heavy atom. The molecule has 5 nitrogen and oxygen atoms in total. The van der Waals surface area contributed by atoms with Crippen molar-refractivity contribution in [1.29, 1.82) is 0 Å². The van der Waals surface area contributed by atoms with Gasteiger partial charge in [0.25, 0.3) is 10.0 Å². The monoisotopic (exact) mass is 282 g/mol. The molecule has 0 aromatic heterocycles. The van der Waals surface area contributed by atoms with Gasteiger partial charge in [0.15, 0.2) is 0 Å². The molecule has 0 atom stereocenters. The molecule has 2 rings (SSSR count). The molecule has 0 saturated heterocycles. The van der Waals surface area contributed by atoms with Crippen LogP contribution in [0.2, 0.25) is 0 Å². The van der Waals surface area contributed by atoms with E-state index in [9.17, 15) is 13.2 Å². The van der Waals surface area contributed by atoms with E-state index in [1.165, 1.54) is 25.0 Å². The van der Waals surface area contributed by atoms with E-state index in [4.69, 9.17) is 0 Å². The third-order valence-corrected chi connectivity index (χ3v) is 4.60. The van der Waals surface area contributed by atoms with Gasteiger partial charge in [0, 0.05) is 6.04 Å². The molecule has 1 aromatic rings. The minimum Gasteiger partial charge on any atom is -0.306 e. The number of nitrogens with one attached hydrogen (secondary N) is 2. The molecule has 0 aliphatic heterocycles. The Morgan fingerprint density at radius 1 is 1.16 bits per heavy atom. The maximum atomic E-state index is 11.9. The van der Waals surface area contributed by atoms with Crippen molar-refractivity contribution in [3.05, 3.63) is 30.3 Å². The number of carbonyl (C=O) groups is 1. The van der Waals surface area contributed by atoms with Crippen LogP contribution in [0, 0.1) is 0 Å². The molecule has 0 bridgehead atoms. The molecule has 1 amide bonds. The van der Waals surface area contributed by atoms with Gasteiger partial charge in [-0.1, -0.05) is 31.0 Å². The summed E-state index contributed by atoms with van der Waals surface area (Å²) in [6.45, 7) is 0.0384. The van der Waals surface area contributed by atoms with E-state index >= 15 is 0 Å². The maximum absolute atomic E-state index is 11.9. The van der Waals surface area contributed by atoms with Crippen LogP contribution in [-0.2, 0) is 14.8 Å². The molecule has 1 aliphatic carbocycles. The van der Waals surface area contributed by atoms with Gasteiger partial charge >= 0.3 is 0 Å². The lowest BCUT2D eigenvalue weighted by Crippen LogP contribution is -2.40. The largest absolute Gasteiger partial charge is 0.306 e. The van der Waals surface area contributed by atoms with Gasteiger partial charge < -0.3 is 5.32 Å². The summed E-state index contributed by atoms with van der Waals surface area (Å²) in [7, 11) is -3.74. The fourth-order valence-electron chi connectivity index (χ4n) is 2.21. The Labute approximate surface area is 113 Å². The fourth-order valence-corrected chi connectivity index (χ4v) is 3.22. The van der Waals surface area contributed by atoms with Gasteiger partial charge in [-0.2, -0.15) is 0 Å². The van der Waals surface area contributed by atoms with Crippen LogP contribution in [0.1, 0.15) is 25.7 Å². The van der Waals surface area contributed by atoms with Crippen molar-refractivity contribution in [1.82, 2.24) is 10.0 Å². The van der Waals surface area contributed by atoms with Gasteiger partial charge in [-0.25, -0.2) is 13.1 Å². The summed E-state index contributed by atoms with van der Waals surface area (Å²) in [5.74, 6) is -0.518. The standard InChI is InChI=1S/C13H18N2O3S/c16-13(10-14-11-6-4-5-7-11)15-19(17,18)12-8-2-1-3-9-12/h1-3,8-9,11,14H,4-7,10H2,(H,15,16). The number of hydrogen-bond acceptors (Lipinski definition) is 4. The average Bonchev–Trinajstić information content (AvgIpc) is 2.90. The number of benzene rings is 1. The first kappa shape index (κ1) is 14.0. The quantitative estimate of drug-likeness (QED) is 0.845. The normalized spacial score (nSPS) is 16.4. The lowest BCUT2D eigenvalue weighted by atomic mass is 10.2. The SMILES string of the molecule is O=C(CNC1CCCC1)NS(=O)(=O)c1ccccc1. The second-order valence-electron chi connectivity index (χ2n) is 4.70. The summed E-state index contributed by atoms with van der Waals surface area (Å²) < 4.78 is 25.8. The minimum atomic E-state index is -3.74. The number of sulfonamides is 1. The highest BCUT2D eigenvalue weighted by Crippen LogP contribution is 2.17. The van der Waals surface area contributed by atoms with Gasteiger partial charge in [0.05, 0.1) is 11.4 Å². The van der Waals surface area contributed by atoms with Gasteiger partial charge in [0.2, 0.25) is 5.91 Å². The number of rotatable bonds is 5. The molecular weight excluding hydrogens is 264 g/mol. The Kier molecular flexibility index (Phi) is 4.55. The smallest absolute Gasteiger partial charge is 0.264 e. The van der Waals surface area contributed by atoms with E-state index in [2.05, 4.69) is 10.0 Å². The van der Waals surface area contributed by atoms with Crippen LogP contribution in [0.25, 0.3) is 0 Å². The Bertz CT molecular complexity index is 522. The van der Waals surface area contributed by atoms with Gasteiger partial charge in [-0.3, -0.25) is 4.79 Å². The molecule has 1 fully saturated rings. The summed E-state index contributed by atoms with van der Waals surface area (Å²) in [5.41, 5.74) is 0. The molecule has 104 valence electrons. The summed E-state index contributed by atoms with van der Waals surface area (Å²) in [4.78, 5) is 11.7. The molecule has 1 saturated carbocycles. The zero-order valence-electron chi connectivity index (χ0n) is 10.6. The summed E-state index contributed by atoms with van der Waals surface area (Å²) in [5, 5.41) is 3.08. The second-order valence-corrected chi connectivity index (χ2v) is 6.39. The van der Waals surface area contributed by atoms with E-state index in [1.54, 1.807) is 18.2 Å². The van der Waals surface area contributed by atoms with Crippen LogP contribution in [0.4, 0.5) is 0 Å². The lowest BCUT2D eigenvalue weighted by molar-refractivity contribution is -0.118. The maximum Gasteiger partial charge on any atom is 0.264 e. The zero-order chi connectivity index (χ0) is 13.7. The van der Waals surface area contributed by atoms with Crippen molar-refractivity contribution >= 4 is 15.9 Å². The van der Waals surface area contributed by atoms with E-state index in [0.717, 1.165) is 12.8 Å². The third kappa shape index (κ3) is 4.04. The Morgan fingerprint density at radius 2 is 1.79 bits per heavy atom. The van der Waals surface area contributed by atoms with Crippen LogP contribution in [0.3, 0.4) is 0 Å². The van der Waals surface area contributed by atoms with Crippen molar-refractivity contribution in [2.45, 2.75) is 36.6 Å². The van der Waals surface area contributed by atoms with Crippen LogP contribution in [0.5, 0.6) is 0 Å². The van der Waals surface area contributed by atoms with Crippen LogP contribution < -0.4 is 10.0 Å². The molecule has 2 N–H and O–H groups in total. The minimum absolute atomic E-state index is 0.0384. The number of hydrogen-bond donors (Lipinski definition) is 2. The third-order valence-electron chi connectivity index (χ3n) is 3.21. The molecule has 0 unspecified atom stereocenters. The number of amides is 1. The molecule has 0 radical (unpaired) electrons. The van der Waals surface area contributed by atoms with Gasteiger partial charge in [-0.15, -0.1) is 0 Å². The summed E-state index contributed by atoms with van der Waals surface area (Å²) in [6.07, 6.45) is 4.45. The lowest BCUT2D eigenvalue weighted by Gasteiger charge is -2.12. The Hall–Kier alpha value is -1.40. The Balaban J connectivity index is 1.87. The van der Waals surface area contributed by atoms with E-state index < -0.39 is 15.9 Å². The van der Waals surface area contributed by atoms with Crippen molar-refractivity contribution in [3.63, 3.8) is 0 Å². The fraction of sp³-hybridized carbons (Fsp3) is 0.462. The predicted molar refractivity (Wildman–Crippen MR) is 72.0 cm³/mol. The molecule has 0 heterocycles. The molecule has 1 aliphatic rings. The average molecular weight is 282 g/mol. The summed E-state index contributed by atoms with van der Waals surface area (Å²) in [6, 6.07) is 8.22. The first-order valence-corrected chi connectivity index (χ1v) is 7.90. The topological polar surface area (TPSA) is 75.3 Å². The first-order valence-electron chi connectivity index (χ1n) is 6.42. The zero-order valence-corrected chi connectivity index (χ0v) is 11.4. The second kappa shape index (κ2) is 6.16. The van der Waals surface area contributed by atoms with Crippen LogP contribution in [0.15, 0.2) is 35.2 Å². The van der Waals surface area contributed by atoms with Gasteiger partial charge in [0.1, 0.15) is 0 Å². The van der Waals surface area contributed by atoms with Crippen LogP contribution >= 0.6 is 0 Å². The molecule has 6 heteroatoms. The van der Waals surface area contributed by atoms with Crippen molar-refractivity contribution in [3.8, 4) is 0 Å². The van der Waals surface area contributed by atoms with Crippen molar-refractivity contribution in [2.24, 2.45) is 0 Å². The first-order chi connectivity index (χ1) is 9.08. The predicted octanol–water partition coefficient (Wildman–Crippen LogP) is 1.02. The van der Waals surface area contributed by atoms with Crippen molar-refractivity contribution < 1.29 is 13.2 Å². The van der Waals surface area contributed by atoms with Gasteiger partial charge in [-0.05, 0) is 25.0 Å². The molecule has 1 aromatic carbocycles. The van der Waals surface area contributed by atoms with E-state index in [-0.39, 0.29) is 11.4 Å². The van der Waals surface area contributed by atoms with Crippen molar-refractivity contribution in [2.75, 3.05) is 6.54 Å². The van der Waals surface area contributed by atoms with E-state index in [1.807, 2.05) is 0 Å². The molecule has 0 spiro atoms. The highest BCUT2D eigenvalue weighted by atomic mass is 32.2. The summed E-state index contributed by atoms with van der Waals surface area (Å²) >= 11 is 0. The highest BCUT2D eigenvalue weighted by molar-refractivity contribution is 7.90. The van der Waals surface area contributed by atoms with Crippen LogP contribution in [-0.4, -0.2) is 26.9 Å². The van der Waals surface area contributed by atoms with E-state index in [0.29, 0.717) is 6.04 Å². The molecular formula is C13H18N2O3S.